The lowest BCUT2D eigenvalue weighted by Crippen LogP contribution is -1.96. The molecule has 0 fully saturated rings. The maximum atomic E-state index is 12.7. The average molecular weight is 228 g/mol. The van der Waals surface area contributed by atoms with Crippen molar-refractivity contribution in [3.05, 3.63) is 54.7 Å². The highest BCUT2D eigenvalue weighted by Gasteiger charge is 1.99. The van der Waals surface area contributed by atoms with Gasteiger partial charge >= 0.3 is 0 Å². The number of nitrogens with zero attached hydrogens (tertiary/aromatic N) is 3. The Hall–Kier alpha value is -2.43. The Bertz CT molecular complexity index is 645. The Labute approximate surface area is 96.8 Å². The van der Waals surface area contributed by atoms with Crippen LogP contribution in [0.15, 0.2) is 48.9 Å². The fourth-order valence-corrected chi connectivity index (χ4v) is 1.55. The summed E-state index contributed by atoms with van der Waals surface area (Å²) >= 11 is 0. The summed E-state index contributed by atoms with van der Waals surface area (Å²) in [6.45, 7) is 0. The topological polar surface area (TPSA) is 42.2 Å². The second-order valence-electron chi connectivity index (χ2n) is 3.58. The highest BCUT2D eigenvalue weighted by molar-refractivity contribution is 5.57. The molecule has 2 aromatic heterocycles. The Balaban J connectivity index is 1.91. The van der Waals surface area contributed by atoms with E-state index in [1.165, 1.54) is 12.1 Å². The van der Waals surface area contributed by atoms with E-state index in [2.05, 4.69) is 15.3 Å². The fourth-order valence-electron chi connectivity index (χ4n) is 1.55. The number of rotatable bonds is 2. The van der Waals surface area contributed by atoms with Gasteiger partial charge in [-0.1, -0.05) is 0 Å². The molecule has 0 spiro atoms. The van der Waals surface area contributed by atoms with Crippen molar-refractivity contribution in [1.82, 2.24) is 14.4 Å². The van der Waals surface area contributed by atoms with Gasteiger partial charge in [0.05, 0.1) is 0 Å². The molecule has 5 heteroatoms. The van der Waals surface area contributed by atoms with Gasteiger partial charge in [-0.15, -0.1) is 0 Å². The van der Waals surface area contributed by atoms with E-state index in [-0.39, 0.29) is 5.82 Å². The number of benzene rings is 1. The molecule has 4 nitrogen and oxygen atoms in total. The third-order valence-electron chi connectivity index (χ3n) is 2.38. The first-order valence-corrected chi connectivity index (χ1v) is 5.13. The molecule has 17 heavy (non-hydrogen) atoms. The normalized spacial score (nSPS) is 10.6. The van der Waals surface area contributed by atoms with Crippen LogP contribution in [0, 0.1) is 5.82 Å². The lowest BCUT2D eigenvalue weighted by molar-refractivity contribution is 0.628. The van der Waals surface area contributed by atoms with Crippen molar-refractivity contribution in [3.8, 4) is 0 Å². The molecule has 0 unspecified atom stereocenters. The van der Waals surface area contributed by atoms with Crippen molar-refractivity contribution in [1.29, 1.82) is 0 Å². The van der Waals surface area contributed by atoms with Gasteiger partial charge < -0.3 is 5.32 Å². The molecule has 0 aliphatic heterocycles. The van der Waals surface area contributed by atoms with Crippen LogP contribution in [0.4, 0.5) is 15.9 Å². The predicted octanol–water partition coefficient (Wildman–Crippen LogP) is 2.61. The van der Waals surface area contributed by atoms with Crippen molar-refractivity contribution >= 4 is 17.3 Å². The quantitative estimate of drug-likeness (QED) is 0.733. The zero-order valence-electron chi connectivity index (χ0n) is 8.84. The second-order valence-corrected chi connectivity index (χ2v) is 3.58. The number of aromatic nitrogens is 3. The van der Waals surface area contributed by atoms with Crippen molar-refractivity contribution in [2.75, 3.05) is 5.32 Å². The molecule has 3 aromatic rings. The molecule has 0 saturated heterocycles. The third-order valence-corrected chi connectivity index (χ3v) is 2.38. The molecule has 3 rings (SSSR count). The summed E-state index contributed by atoms with van der Waals surface area (Å²) in [6.07, 6.45) is 5.37. The van der Waals surface area contributed by atoms with E-state index in [1.54, 1.807) is 18.3 Å². The number of anilines is 2. The Kier molecular flexibility index (Phi) is 2.22. The summed E-state index contributed by atoms with van der Waals surface area (Å²) in [5.74, 6) is 1.04. The van der Waals surface area contributed by atoms with Crippen LogP contribution in [0.3, 0.4) is 0 Å². The van der Waals surface area contributed by atoms with Crippen LogP contribution in [-0.4, -0.2) is 14.4 Å². The van der Waals surface area contributed by atoms with Crippen molar-refractivity contribution in [3.63, 3.8) is 0 Å². The molecule has 1 aromatic carbocycles. The zero-order chi connectivity index (χ0) is 11.7. The number of nitrogens with one attached hydrogen (secondary N) is 1. The molecule has 0 aliphatic carbocycles. The van der Waals surface area contributed by atoms with Crippen LogP contribution >= 0.6 is 0 Å². The maximum absolute atomic E-state index is 12.7. The molecule has 0 aliphatic rings. The van der Waals surface area contributed by atoms with Crippen LogP contribution < -0.4 is 5.32 Å². The highest BCUT2D eigenvalue weighted by atomic mass is 19.1. The molecule has 1 N–H and O–H groups in total. The van der Waals surface area contributed by atoms with Gasteiger partial charge in [-0.2, -0.15) is 4.98 Å². The van der Waals surface area contributed by atoms with Gasteiger partial charge in [-0.25, -0.2) is 9.37 Å². The number of hydrogen-bond acceptors (Lipinski definition) is 3. The van der Waals surface area contributed by atoms with Crippen molar-refractivity contribution < 1.29 is 4.39 Å². The molecule has 0 amide bonds. The van der Waals surface area contributed by atoms with E-state index < -0.39 is 0 Å². The Morgan fingerprint density at radius 2 is 1.88 bits per heavy atom. The molecule has 0 saturated carbocycles. The monoisotopic (exact) mass is 228 g/mol. The van der Waals surface area contributed by atoms with Gasteiger partial charge in [0, 0.05) is 24.3 Å². The third kappa shape index (κ3) is 1.94. The molecular formula is C12H9FN4. The minimum absolute atomic E-state index is 0.257. The lowest BCUT2D eigenvalue weighted by Gasteiger charge is -2.05. The van der Waals surface area contributed by atoms with Gasteiger partial charge in [-0.05, 0) is 30.3 Å². The number of hydrogen-bond donors (Lipinski definition) is 1. The van der Waals surface area contributed by atoms with E-state index in [0.717, 1.165) is 5.69 Å². The van der Waals surface area contributed by atoms with Crippen LogP contribution in [-0.2, 0) is 0 Å². The summed E-state index contributed by atoms with van der Waals surface area (Å²) in [6, 6.07) is 7.95. The van der Waals surface area contributed by atoms with Crippen LogP contribution in [0.5, 0.6) is 0 Å². The molecule has 0 radical (unpaired) electrons. The average Bonchev–Trinajstić information content (AvgIpc) is 2.79. The van der Waals surface area contributed by atoms with Gasteiger partial charge in [0.15, 0.2) is 0 Å². The fraction of sp³-hybridized carbons (Fsp3) is 0. The molecule has 84 valence electrons. The van der Waals surface area contributed by atoms with E-state index >= 15 is 0 Å². The number of imidazole rings is 1. The SMILES string of the molecule is Fc1ccc(Nc2ccn3ccnc3n2)cc1. The minimum Gasteiger partial charge on any atom is -0.340 e. The Morgan fingerprint density at radius 1 is 1.06 bits per heavy atom. The largest absolute Gasteiger partial charge is 0.340 e. The summed E-state index contributed by atoms with van der Waals surface area (Å²) in [7, 11) is 0. The predicted molar refractivity (Wildman–Crippen MR) is 62.7 cm³/mol. The maximum Gasteiger partial charge on any atom is 0.235 e. The van der Waals surface area contributed by atoms with E-state index in [9.17, 15) is 4.39 Å². The summed E-state index contributed by atoms with van der Waals surface area (Å²) in [4.78, 5) is 8.39. The molecule has 0 bridgehead atoms. The highest BCUT2D eigenvalue weighted by Crippen LogP contribution is 2.15. The van der Waals surface area contributed by atoms with E-state index in [0.29, 0.717) is 11.6 Å². The summed E-state index contributed by atoms with van der Waals surface area (Å²) in [5.41, 5.74) is 0.787. The minimum atomic E-state index is -0.257. The van der Waals surface area contributed by atoms with Gasteiger partial charge in [0.25, 0.3) is 0 Å². The lowest BCUT2D eigenvalue weighted by atomic mass is 10.3. The van der Waals surface area contributed by atoms with Crippen LogP contribution in [0.2, 0.25) is 0 Å². The Morgan fingerprint density at radius 3 is 2.71 bits per heavy atom. The summed E-state index contributed by atoms with van der Waals surface area (Å²) < 4.78 is 14.6. The van der Waals surface area contributed by atoms with E-state index in [1.807, 2.05) is 22.9 Å². The molecule has 2 heterocycles. The smallest absolute Gasteiger partial charge is 0.235 e. The van der Waals surface area contributed by atoms with Gasteiger partial charge in [0.1, 0.15) is 11.6 Å². The standard InChI is InChI=1S/C12H9FN4/c13-9-1-3-10(4-2-9)15-11-5-7-17-8-6-14-12(17)16-11/h1-8H,(H,14,15,16). The van der Waals surface area contributed by atoms with Gasteiger partial charge in [0.2, 0.25) is 5.78 Å². The first-order chi connectivity index (χ1) is 8.31. The molecule has 0 atom stereocenters. The van der Waals surface area contributed by atoms with Crippen molar-refractivity contribution in [2.45, 2.75) is 0 Å². The number of halogens is 1. The van der Waals surface area contributed by atoms with Crippen LogP contribution in [0.25, 0.3) is 5.78 Å². The first-order valence-electron chi connectivity index (χ1n) is 5.13. The van der Waals surface area contributed by atoms with E-state index in [4.69, 9.17) is 0 Å². The van der Waals surface area contributed by atoms with Gasteiger partial charge in [-0.3, -0.25) is 4.40 Å². The van der Waals surface area contributed by atoms with Crippen molar-refractivity contribution in [2.24, 2.45) is 0 Å². The molecular weight excluding hydrogens is 219 g/mol. The summed E-state index contributed by atoms with van der Waals surface area (Å²) in [5, 5.41) is 3.08. The number of fused-ring (bicyclic) bond motifs is 1. The zero-order valence-corrected chi connectivity index (χ0v) is 8.84. The van der Waals surface area contributed by atoms with Crippen LogP contribution in [0.1, 0.15) is 0 Å². The first kappa shape index (κ1) is 9.77. The second kappa shape index (κ2) is 3.86.